The van der Waals surface area contributed by atoms with Crippen LogP contribution in [0.1, 0.15) is 41.0 Å². The predicted molar refractivity (Wildman–Crippen MR) is 104 cm³/mol. The minimum atomic E-state index is -4.65. The van der Waals surface area contributed by atoms with Crippen LogP contribution in [0, 0.1) is 0 Å². The average Bonchev–Trinajstić information content (AvgIpc) is 2.78. The molecule has 1 aliphatic rings. The maximum Gasteiger partial charge on any atom is 0.416 e. The third-order valence-corrected chi connectivity index (χ3v) is 5.25. The lowest BCUT2D eigenvalue weighted by atomic mass is 10.1. The van der Waals surface area contributed by atoms with Crippen LogP contribution in [0.15, 0.2) is 48.5 Å². The van der Waals surface area contributed by atoms with E-state index in [1.165, 1.54) is 0 Å². The minimum absolute atomic E-state index is 0.268. The molecule has 2 aromatic rings. The normalized spacial score (nSPS) is 17.1. The summed E-state index contributed by atoms with van der Waals surface area (Å²) in [5.74, 6) is -2.17. The molecule has 1 aliphatic heterocycles. The molecule has 0 aliphatic carbocycles. The first-order valence-corrected chi connectivity index (χ1v) is 9.95. The van der Waals surface area contributed by atoms with Gasteiger partial charge < -0.3 is 0 Å². The van der Waals surface area contributed by atoms with Gasteiger partial charge in [-0.05, 0) is 35.4 Å². The van der Waals surface area contributed by atoms with Gasteiger partial charge in [0, 0.05) is 0 Å². The van der Waals surface area contributed by atoms with Crippen LogP contribution in [0.4, 0.5) is 39.9 Å². The maximum atomic E-state index is 14.7. The van der Waals surface area contributed by atoms with Gasteiger partial charge in [-0.3, -0.25) is 19.4 Å². The number of hydrogen-bond donors (Lipinski definition) is 0. The largest absolute Gasteiger partial charge is 0.416 e. The summed E-state index contributed by atoms with van der Waals surface area (Å²) in [6.45, 7) is -1.88. The van der Waals surface area contributed by atoms with E-state index in [-0.39, 0.29) is 11.1 Å². The fourth-order valence-corrected chi connectivity index (χ4v) is 3.33. The molecule has 1 saturated heterocycles. The van der Waals surface area contributed by atoms with E-state index in [2.05, 4.69) is 0 Å². The fourth-order valence-electron chi connectivity index (χ4n) is 3.33. The van der Waals surface area contributed by atoms with Crippen molar-refractivity contribution in [3.8, 4) is 0 Å². The van der Waals surface area contributed by atoms with E-state index in [1.807, 2.05) is 0 Å². The number of rotatable bonds is 6. The van der Waals surface area contributed by atoms with Crippen LogP contribution in [-0.2, 0) is 21.9 Å². The number of urea groups is 1. The second-order valence-electron chi connectivity index (χ2n) is 7.64. The lowest BCUT2D eigenvalue weighted by Crippen LogP contribution is -2.56. The summed E-state index contributed by atoms with van der Waals surface area (Å²) in [5, 5.41) is 0. The summed E-state index contributed by atoms with van der Waals surface area (Å²) < 4.78 is 105. The highest BCUT2D eigenvalue weighted by Crippen LogP contribution is 2.32. The van der Waals surface area contributed by atoms with Gasteiger partial charge in [0.15, 0.2) is 0 Å². The first-order valence-electron chi connectivity index (χ1n) is 9.95. The van der Waals surface area contributed by atoms with Gasteiger partial charge in [-0.1, -0.05) is 24.3 Å². The van der Waals surface area contributed by atoms with Crippen LogP contribution in [0.5, 0.6) is 0 Å². The summed E-state index contributed by atoms with van der Waals surface area (Å²) in [5.41, 5.74) is -2.61. The number of amides is 4. The number of hydrogen-bond acceptors (Lipinski definition) is 3. The van der Waals surface area contributed by atoms with Gasteiger partial charge in [-0.2, -0.15) is 26.3 Å². The van der Waals surface area contributed by atoms with E-state index in [9.17, 15) is 49.5 Å². The van der Waals surface area contributed by atoms with Gasteiger partial charge in [0.25, 0.3) is 0 Å². The number of alkyl halides is 8. The highest BCUT2D eigenvalue weighted by atomic mass is 19.4. The van der Waals surface area contributed by atoms with Crippen molar-refractivity contribution in [2.75, 3.05) is 13.1 Å². The smallest absolute Gasteiger partial charge is 0.274 e. The minimum Gasteiger partial charge on any atom is -0.274 e. The fraction of sp³-hybridized carbons (Fsp3) is 0.318. The van der Waals surface area contributed by atoms with Crippen molar-refractivity contribution in [3.05, 3.63) is 70.8 Å². The van der Waals surface area contributed by atoms with Crippen LogP contribution < -0.4 is 0 Å². The summed E-state index contributed by atoms with van der Waals surface area (Å²) in [7, 11) is 0. The molecule has 2 aromatic carbocycles. The van der Waals surface area contributed by atoms with E-state index in [0.29, 0.717) is 34.1 Å². The van der Waals surface area contributed by atoms with E-state index in [1.54, 1.807) is 0 Å². The highest BCUT2D eigenvalue weighted by molar-refractivity contribution is 6.14. The topological polar surface area (TPSA) is 57.7 Å². The van der Waals surface area contributed by atoms with Gasteiger partial charge in [0.05, 0.1) is 24.2 Å². The second-order valence-corrected chi connectivity index (χ2v) is 7.64. The molecule has 0 aromatic heterocycles. The van der Waals surface area contributed by atoms with E-state index < -0.39 is 73.2 Å². The Morgan fingerprint density at radius 3 is 1.23 bits per heavy atom. The molecule has 5 nitrogen and oxygen atoms in total. The molecule has 0 bridgehead atoms. The first kappa shape index (κ1) is 26.1. The summed E-state index contributed by atoms with van der Waals surface area (Å²) in [6, 6.07) is 4.45. The number of carbonyl (C=O) groups excluding carboxylic acids is 3. The molecule has 0 saturated carbocycles. The van der Waals surface area contributed by atoms with E-state index in [0.717, 1.165) is 24.3 Å². The van der Waals surface area contributed by atoms with Crippen molar-refractivity contribution in [2.24, 2.45) is 0 Å². The average molecular weight is 508 g/mol. The standard InChI is InChI=1S/C22H16F8N2O3/c23-16(12-1-5-14(6-2-12)21(25,26)27)10-31-18(33)9-19(34)32(20(31)35)11-17(24)13-3-7-15(8-4-13)22(28,29)30/h1-8,16-17H,9-11H2/t16-,17-/m1/s1. The highest BCUT2D eigenvalue weighted by Gasteiger charge is 2.40. The molecule has 0 N–H and O–H groups in total. The molecule has 0 radical (unpaired) electrons. The summed E-state index contributed by atoms with van der Waals surface area (Å²) in [6.07, 6.45) is -14.4. The first-order chi connectivity index (χ1) is 16.2. The zero-order chi connectivity index (χ0) is 26.1. The Morgan fingerprint density at radius 1 is 0.629 bits per heavy atom. The molecule has 4 amide bonds. The van der Waals surface area contributed by atoms with Crippen molar-refractivity contribution in [2.45, 2.75) is 31.1 Å². The van der Waals surface area contributed by atoms with Crippen molar-refractivity contribution >= 4 is 17.8 Å². The van der Waals surface area contributed by atoms with Crippen LogP contribution in [-0.4, -0.2) is 40.7 Å². The molecule has 188 valence electrons. The van der Waals surface area contributed by atoms with Crippen LogP contribution >= 0.6 is 0 Å². The lowest BCUT2D eigenvalue weighted by molar-refractivity contribution is -0.143. The molecular formula is C22H16F8N2O3. The summed E-state index contributed by atoms with van der Waals surface area (Å²) in [4.78, 5) is 37.6. The second kappa shape index (κ2) is 9.62. The molecule has 13 heteroatoms. The molecule has 0 spiro atoms. The van der Waals surface area contributed by atoms with Gasteiger partial charge in [-0.25, -0.2) is 13.6 Å². The zero-order valence-corrected chi connectivity index (χ0v) is 17.5. The van der Waals surface area contributed by atoms with Gasteiger partial charge in [0.2, 0.25) is 11.8 Å². The Balaban J connectivity index is 1.71. The quantitative estimate of drug-likeness (QED) is 0.376. The molecule has 3 rings (SSSR count). The van der Waals surface area contributed by atoms with Crippen LogP contribution in [0.25, 0.3) is 0 Å². The molecule has 2 atom stereocenters. The Bertz CT molecular complexity index is 1010. The van der Waals surface area contributed by atoms with Crippen molar-refractivity contribution in [3.63, 3.8) is 0 Å². The summed E-state index contributed by atoms with van der Waals surface area (Å²) >= 11 is 0. The number of benzene rings is 2. The molecule has 1 fully saturated rings. The Morgan fingerprint density at radius 2 is 0.943 bits per heavy atom. The van der Waals surface area contributed by atoms with Crippen LogP contribution in [0.2, 0.25) is 0 Å². The van der Waals surface area contributed by atoms with Crippen molar-refractivity contribution in [1.29, 1.82) is 0 Å². The Kier molecular flexibility index (Phi) is 7.18. The third kappa shape index (κ3) is 5.95. The number of barbiturate groups is 1. The lowest BCUT2D eigenvalue weighted by Gasteiger charge is -2.34. The van der Waals surface area contributed by atoms with Gasteiger partial charge in [-0.15, -0.1) is 0 Å². The van der Waals surface area contributed by atoms with Crippen LogP contribution in [0.3, 0.4) is 0 Å². The van der Waals surface area contributed by atoms with E-state index in [4.69, 9.17) is 0 Å². The zero-order valence-electron chi connectivity index (χ0n) is 17.5. The van der Waals surface area contributed by atoms with Gasteiger partial charge in [0.1, 0.15) is 18.8 Å². The molecule has 35 heavy (non-hydrogen) atoms. The Hall–Kier alpha value is -3.51. The van der Waals surface area contributed by atoms with Crippen molar-refractivity contribution < 1.29 is 49.5 Å². The molecular weight excluding hydrogens is 492 g/mol. The maximum absolute atomic E-state index is 14.7. The number of nitrogens with zero attached hydrogens (tertiary/aromatic N) is 2. The third-order valence-electron chi connectivity index (χ3n) is 5.25. The molecule has 0 unspecified atom stereocenters. The Labute approximate surface area is 192 Å². The SMILES string of the molecule is O=C1CC(=O)N(C[C@@H](F)c2ccc(C(F)(F)F)cc2)C(=O)N1C[C@@H](F)c1ccc(C(F)(F)F)cc1. The van der Waals surface area contributed by atoms with Gasteiger partial charge >= 0.3 is 18.4 Å². The van der Waals surface area contributed by atoms with Crippen molar-refractivity contribution in [1.82, 2.24) is 9.80 Å². The monoisotopic (exact) mass is 508 g/mol. The molecule has 1 heterocycles. The predicted octanol–water partition coefficient (Wildman–Crippen LogP) is 5.63. The number of halogens is 8. The number of imide groups is 2. The van der Waals surface area contributed by atoms with E-state index >= 15 is 0 Å². The number of carbonyl (C=O) groups is 3.